The maximum Gasteiger partial charge on any atom is 0.256 e. The lowest BCUT2D eigenvalue weighted by molar-refractivity contribution is -0.929. The second kappa shape index (κ2) is 8.20. The average Bonchev–Trinajstić information content (AvgIpc) is 3.06. The van der Waals surface area contributed by atoms with Crippen LogP contribution in [0.1, 0.15) is 43.1 Å². The van der Waals surface area contributed by atoms with E-state index in [-0.39, 0.29) is 5.91 Å². The van der Waals surface area contributed by atoms with Gasteiger partial charge in [0.2, 0.25) is 0 Å². The van der Waals surface area contributed by atoms with Crippen LogP contribution in [-0.2, 0) is 19.5 Å². The number of hydrogen-bond acceptors (Lipinski definition) is 3. The molecule has 146 valence electrons. The van der Waals surface area contributed by atoms with Crippen molar-refractivity contribution in [3.8, 4) is 6.07 Å². The van der Waals surface area contributed by atoms with Gasteiger partial charge in [-0.25, -0.2) is 0 Å². The number of carbonyl (C=O) groups excluding carboxylic acids is 1. The van der Waals surface area contributed by atoms with E-state index in [0.29, 0.717) is 16.1 Å². The first-order chi connectivity index (χ1) is 14.0. The summed E-state index contributed by atoms with van der Waals surface area (Å²) < 4.78 is 0. The number of carbonyl (C=O) groups is 1. The molecule has 0 saturated heterocycles. The minimum atomic E-state index is -0.156. The van der Waals surface area contributed by atoms with E-state index >= 15 is 0 Å². The van der Waals surface area contributed by atoms with Crippen molar-refractivity contribution in [2.75, 3.05) is 11.9 Å². The molecular weight excluding hydrogens is 378 g/mol. The molecule has 29 heavy (non-hydrogen) atoms. The van der Waals surface area contributed by atoms with E-state index in [0.717, 1.165) is 42.7 Å². The fourth-order valence-electron chi connectivity index (χ4n) is 3.84. The van der Waals surface area contributed by atoms with Crippen LogP contribution in [0.25, 0.3) is 0 Å². The van der Waals surface area contributed by atoms with Gasteiger partial charge in [0.1, 0.15) is 24.2 Å². The number of quaternary nitrogens is 1. The van der Waals surface area contributed by atoms with E-state index in [9.17, 15) is 10.1 Å². The molecule has 5 heteroatoms. The number of nitrogens with zero attached hydrogens (tertiary/aromatic N) is 1. The van der Waals surface area contributed by atoms with Crippen molar-refractivity contribution in [3.05, 3.63) is 86.8 Å². The van der Waals surface area contributed by atoms with Gasteiger partial charge in [0.15, 0.2) is 0 Å². The van der Waals surface area contributed by atoms with Crippen LogP contribution in [0.4, 0.5) is 5.00 Å². The maximum atomic E-state index is 12.7. The van der Waals surface area contributed by atoms with Gasteiger partial charge in [0, 0.05) is 17.5 Å². The monoisotopic (exact) mass is 402 g/mol. The van der Waals surface area contributed by atoms with Crippen LogP contribution in [-0.4, -0.2) is 12.5 Å². The van der Waals surface area contributed by atoms with Gasteiger partial charge in [0.05, 0.1) is 17.0 Å². The fraction of sp³-hybridized carbons (Fsp3) is 0.250. The van der Waals surface area contributed by atoms with Crippen molar-refractivity contribution >= 4 is 22.2 Å². The standard InChI is InChI=1S/C24H23N3OS/c1-16-8-9-19(12-17(16)2)23(28)26-24-21(13-25)20-10-11-27(15-22(20)29-24)14-18-6-4-3-5-7-18/h3-9,12H,10-11,14-15H2,1-2H3,(H,26,28)/p+1. The van der Waals surface area contributed by atoms with Crippen molar-refractivity contribution in [2.24, 2.45) is 0 Å². The average molecular weight is 403 g/mol. The zero-order valence-corrected chi connectivity index (χ0v) is 17.5. The Hall–Kier alpha value is -2.94. The number of amides is 1. The lowest BCUT2D eigenvalue weighted by Gasteiger charge is -2.23. The molecule has 1 aromatic heterocycles. The molecular formula is C24H24N3OS+. The number of hydrogen-bond donors (Lipinski definition) is 2. The smallest absolute Gasteiger partial charge is 0.256 e. The molecule has 0 radical (unpaired) electrons. The first kappa shape index (κ1) is 19.4. The Balaban J connectivity index is 1.53. The Labute approximate surface area is 175 Å². The molecule has 4 nitrogen and oxygen atoms in total. The highest BCUT2D eigenvalue weighted by Crippen LogP contribution is 2.34. The SMILES string of the molecule is Cc1ccc(C(=O)Nc2sc3c(c2C#N)CC[NH+](Cc2ccccc2)C3)cc1C. The van der Waals surface area contributed by atoms with E-state index < -0.39 is 0 Å². The number of anilines is 1. The zero-order chi connectivity index (χ0) is 20.4. The molecule has 2 heterocycles. The number of thiophene rings is 1. The Morgan fingerprint density at radius 2 is 1.97 bits per heavy atom. The lowest BCUT2D eigenvalue weighted by Crippen LogP contribution is -3.10. The van der Waals surface area contributed by atoms with Gasteiger partial charge in [-0.15, -0.1) is 11.3 Å². The van der Waals surface area contributed by atoms with Gasteiger partial charge in [-0.1, -0.05) is 36.4 Å². The summed E-state index contributed by atoms with van der Waals surface area (Å²) in [6, 6.07) is 18.5. The number of fused-ring (bicyclic) bond motifs is 1. The Morgan fingerprint density at radius 1 is 1.17 bits per heavy atom. The molecule has 2 aromatic carbocycles. The number of nitrogens with one attached hydrogen (secondary N) is 2. The minimum Gasteiger partial charge on any atom is -0.326 e. The number of rotatable bonds is 4. The summed E-state index contributed by atoms with van der Waals surface area (Å²) in [7, 11) is 0. The highest BCUT2D eigenvalue weighted by atomic mass is 32.1. The van der Waals surface area contributed by atoms with Crippen LogP contribution in [0.2, 0.25) is 0 Å². The molecule has 1 aliphatic rings. The highest BCUT2D eigenvalue weighted by molar-refractivity contribution is 7.16. The predicted octanol–water partition coefficient (Wildman–Crippen LogP) is 3.63. The van der Waals surface area contributed by atoms with Crippen LogP contribution >= 0.6 is 11.3 Å². The van der Waals surface area contributed by atoms with E-state index in [1.54, 1.807) is 11.3 Å². The van der Waals surface area contributed by atoms with Crippen molar-refractivity contribution in [1.29, 1.82) is 5.26 Å². The van der Waals surface area contributed by atoms with Gasteiger partial charge >= 0.3 is 0 Å². The first-order valence-corrected chi connectivity index (χ1v) is 10.7. The minimum absolute atomic E-state index is 0.156. The number of nitriles is 1. The molecule has 0 aliphatic carbocycles. The zero-order valence-electron chi connectivity index (χ0n) is 16.7. The molecule has 3 aromatic rings. The molecule has 0 spiro atoms. The molecule has 0 fully saturated rings. The molecule has 4 rings (SSSR count). The summed E-state index contributed by atoms with van der Waals surface area (Å²) in [5.41, 5.74) is 5.95. The van der Waals surface area contributed by atoms with E-state index in [2.05, 4.69) is 35.7 Å². The van der Waals surface area contributed by atoms with Crippen molar-refractivity contribution < 1.29 is 9.69 Å². The van der Waals surface area contributed by atoms with Crippen LogP contribution in [0.3, 0.4) is 0 Å². The molecule has 0 bridgehead atoms. The molecule has 2 N–H and O–H groups in total. The second-order valence-electron chi connectivity index (χ2n) is 7.66. The van der Waals surface area contributed by atoms with E-state index in [4.69, 9.17) is 0 Å². The number of aryl methyl sites for hydroxylation is 2. The third kappa shape index (κ3) is 4.09. The van der Waals surface area contributed by atoms with Crippen molar-refractivity contribution in [2.45, 2.75) is 33.4 Å². The highest BCUT2D eigenvalue weighted by Gasteiger charge is 2.27. The van der Waals surface area contributed by atoms with Crippen LogP contribution in [0, 0.1) is 25.2 Å². The van der Waals surface area contributed by atoms with E-state index in [1.165, 1.54) is 15.3 Å². The Bertz CT molecular complexity index is 1100. The quantitative estimate of drug-likeness (QED) is 0.700. The topological polar surface area (TPSA) is 57.3 Å². The summed E-state index contributed by atoms with van der Waals surface area (Å²) in [6.07, 6.45) is 0.871. The van der Waals surface area contributed by atoms with Gasteiger partial charge < -0.3 is 10.2 Å². The van der Waals surface area contributed by atoms with Gasteiger partial charge in [-0.2, -0.15) is 5.26 Å². The molecule has 0 saturated carbocycles. The first-order valence-electron chi connectivity index (χ1n) is 9.86. The van der Waals surface area contributed by atoms with Gasteiger partial charge in [0.25, 0.3) is 5.91 Å². The third-order valence-corrected chi connectivity index (χ3v) is 6.78. The predicted molar refractivity (Wildman–Crippen MR) is 116 cm³/mol. The molecule has 1 aliphatic heterocycles. The van der Waals surface area contributed by atoms with Crippen LogP contribution in [0.15, 0.2) is 48.5 Å². The Morgan fingerprint density at radius 3 is 2.69 bits per heavy atom. The van der Waals surface area contributed by atoms with Crippen molar-refractivity contribution in [3.63, 3.8) is 0 Å². The van der Waals surface area contributed by atoms with Crippen molar-refractivity contribution in [1.82, 2.24) is 0 Å². The van der Waals surface area contributed by atoms with Gasteiger partial charge in [-0.05, 0) is 42.7 Å². The summed E-state index contributed by atoms with van der Waals surface area (Å²) in [6.45, 7) is 6.90. The normalized spacial score (nSPS) is 15.4. The van der Waals surface area contributed by atoms with E-state index in [1.807, 2.05) is 38.1 Å². The summed E-state index contributed by atoms with van der Waals surface area (Å²) in [4.78, 5) is 15.4. The van der Waals surface area contributed by atoms with Gasteiger partial charge in [-0.3, -0.25) is 4.79 Å². The maximum absolute atomic E-state index is 12.7. The molecule has 1 atom stereocenters. The Kier molecular flexibility index (Phi) is 5.48. The molecule has 1 amide bonds. The largest absolute Gasteiger partial charge is 0.326 e. The van der Waals surface area contributed by atoms with Crippen LogP contribution < -0.4 is 10.2 Å². The third-order valence-electron chi connectivity index (χ3n) is 5.63. The number of benzene rings is 2. The second-order valence-corrected chi connectivity index (χ2v) is 8.77. The fourth-order valence-corrected chi connectivity index (χ4v) is 5.10. The van der Waals surface area contributed by atoms with Crippen LogP contribution in [0.5, 0.6) is 0 Å². The molecule has 1 unspecified atom stereocenters. The summed E-state index contributed by atoms with van der Waals surface area (Å²) >= 11 is 1.56. The lowest BCUT2D eigenvalue weighted by atomic mass is 10.0. The summed E-state index contributed by atoms with van der Waals surface area (Å²) in [5.74, 6) is -0.156. The summed E-state index contributed by atoms with van der Waals surface area (Å²) in [5, 5.41) is 13.4.